The Kier molecular flexibility index (Phi) is 9.46. The lowest BCUT2D eigenvalue weighted by molar-refractivity contribution is -0.276. The molecule has 3 heterocycles. The van der Waals surface area contributed by atoms with Crippen LogP contribution in [0.4, 0.5) is 0 Å². The van der Waals surface area contributed by atoms with E-state index in [2.05, 4.69) is 91.4 Å². The van der Waals surface area contributed by atoms with Crippen LogP contribution in [0.25, 0.3) is 11.1 Å². The third-order valence-corrected chi connectivity index (χ3v) is 10.9. The molecule has 4 aromatic rings. The van der Waals surface area contributed by atoms with E-state index < -0.39 is 6.29 Å². The highest BCUT2D eigenvalue weighted by Crippen LogP contribution is 2.53. The predicted molar refractivity (Wildman–Crippen MR) is 191 cm³/mol. The molecule has 2 bridgehead atoms. The van der Waals surface area contributed by atoms with Crippen LogP contribution in [0.2, 0.25) is 0 Å². The second kappa shape index (κ2) is 13.8. The molecule has 0 radical (unpaired) electrons. The van der Waals surface area contributed by atoms with Crippen LogP contribution in [0.15, 0.2) is 97.3 Å². The molecule has 7 rings (SSSR count). The van der Waals surface area contributed by atoms with E-state index in [-0.39, 0.29) is 30.6 Å². The molecule has 2 unspecified atom stereocenters. The number of amides is 1. The van der Waals surface area contributed by atoms with E-state index in [9.17, 15) is 9.90 Å². The normalized spacial score (nSPS) is 27.9. The van der Waals surface area contributed by atoms with Gasteiger partial charge in [0.25, 0.3) is 5.91 Å². The van der Waals surface area contributed by atoms with E-state index in [4.69, 9.17) is 9.47 Å². The number of nitrogens with zero attached hydrogens (tertiary/aromatic N) is 2. The van der Waals surface area contributed by atoms with E-state index in [0.29, 0.717) is 29.0 Å². The number of aliphatic hydroxyl groups excluding tert-OH is 1. The van der Waals surface area contributed by atoms with Gasteiger partial charge in [0.05, 0.1) is 24.4 Å². The third-order valence-electron chi connectivity index (χ3n) is 10.9. The molecular formula is C42H49N3O4. The predicted octanol–water partition coefficient (Wildman–Crippen LogP) is 7.86. The van der Waals surface area contributed by atoms with Crippen molar-refractivity contribution in [2.45, 2.75) is 84.6 Å². The second-order valence-electron chi connectivity index (χ2n) is 15.7. The summed E-state index contributed by atoms with van der Waals surface area (Å²) >= 11 is 0. The summed E-state index contributed by atoms with van der Waals surface area (Å²) in [6, 6.07) is 29.0. The molecule has 3 aromatic carbocycles. The molecule has 3 fully saturated rings. The van der Waals surface area contributed by atoms with Gasteiger partial charge in [0.2, 0.25) is 0 Å². The van der Waals surface area contributed by atoms with E-state index in [1.807, 2.05) is 24.3 Å². The molecule has 1 amide bonds. The van der Waals surface area contributed by atoms with Crippen LogP contribution < -0.4 is 5.32 Å². The van der Waals surface area contributed by atoms with Crippen molar-refractivity contribution in [2.75, 3.05) is 13.1 Å². The van der Waals surface area contributed by atoms with Gasteiger partial charge in [-0.05, 0) is 76.1 Å². The molecule has 49 heavy (non-hydrogen) atoms. The van der Waals surface area contributed by atoms with Crippen LogP contribution in [0.1, 0.15) is 92.0 Å². The van der Waals surface area contributed by atoms with Crippen LogP contribution in [-0.4, -0.2) is 46.1 Å². The summed E-state index contributed by atoms with van der Waals surface area (Å²) in [4.78, 5) is 19.3. The summed E-state index contributed by atoms with van der Waals surface area (Å²) in [5.41, 5.74) is 7.45. The number of nitrogens with one attached hydrogen (secondary N) is 1. The van der Waals surface area contributed by atoms with E-state index >= 15 is 0 Å². The van der Waals surface area contributed by atoms with Gasteiger partial charge in [0, 0.05) is 49.6 Å². The Bertz CT molecular complexity index is 1740. The number of aromatic nitrogens is 1. The number of likely N-dealkylation sites (tertiary alicyclic amines) is 1. The van der Waals surface area contributed by atoms with Crippen molar-refractivity contribution < 1.29 is 19.4 Å². The Balaban J connectivity index is 1.09. The maximum Gasteiger partial charge on any atom is 0.253 e. The minimum absolute atomic E-state index is 0.00515. The van der Waals surface area contributed by atoms with E-state index in [0.717, 1.165) is 46.5 Å². The first-order valence-corrected chi connectivity index (χ1v) is 17.7. The summed E-state index contributed by atoms with van der Waals surface area (Å²) in [6.07, 6.45) is 6.37. The van der Waals surface area contributed by atoms with Crippen molar-refractivity contribution in [3.05, 3.63) is 125 Å². The molecule has 3 aliphatic rings. The molecule has 2 aliphatic heterocycles. The Morgan fingerprint density at radius 2 is 1.69 bits per heavy atom. The van der Waals surface area contributed by atoms with Crippen molar-refractivity contribution in [2.24, 2.45) is 16.7 Å². The molecular weight excluding hydrogens is 610 g/mol. The number of rotatable bonds is 9. The van der Waals surface area contributed by atoms with Gasteiger partial charge in [-0.25, -0.2) is 0 Å². The molecule has 1 saturated carbocycles. The Morgan fingerprint density at radius 3 is 2.43 bits per heavy atom. The second-order valence-corrected chi connectivity index (χ2v) is 15.7. The molecule has 7 nitrogen and oxygen atoms in total. The highest BCUT2D eigenvalue weighted by Gasteiger charge is 2.51. The van der Waals surface area contributed by atoms with E-state index in [1.54, 1.807) is 24.5 Å². The van der Waals surface area contributed by atoms with Crippen LogP contribution in [0, 0.1) is 16.7 Å². The maximum atomic E-state index is 12.5. The summed E-state index contributed by atoms with van der Waals surface area (Å²) in [7, 11) is 0. The third kappa shape index (κ3) is 7.51. The number of aliphatic hydroxyl groups is 1. The fraction of sp³-hybridized carbons (Fsp3) is 0.429. The van der Waals surface area contributed by atoms with Crippen LogP contribution in [0.5, 0.6) is 0 Å². The number of benzene rings is 3. The van der Waals surface area contributed by atoms with Gasteiger partial charge in [-0.15, -0.1) is 0 Å². The van der Waals surface area contributed by atoms with Crippen molar-refractivity contribution in [3.63, 3.8) is 0 Å². The number of ether oxygens (including phenoxy) is 2. The quantitative estimate of drug-likeness (QED) is 0.190. The standard InChI is InChI=1S/C42H49N3O4/c1-28-37(24-45-27-42(4)21-36(45)20-41(2,3)26-42)48-40(49-38(28)32-12-10-29(25-46)11-13-32)33-16-14-31(15-17-33)34-8-5-7-30(19-34)22-44-39(47)35-9-6-18-43-23-35/h5-19,23,28,36-38,40,46H,20-22,24-27H2,1-4H3,(H,44,47)/t28-,36?,37+,38+,40+,42?/m1/s1. The Hall–Kier alpha value is -3.88. The van der Waals surface area contributed by atoms with Crippen molar-refractivity contribution in [1.29, 1.82) is 0 Å². The van der Waals surface area contributed by atoms with Crippen LogP contribution >= 0.6 is 0 Å². The average molecular weight is 660 g/mol. The van der Waals surface area contributed by atoms with Gasteiger partial charge < -0.3 is 19.9 Å². The summed E-state index contributed by atoms with van der Waals surface area (Å²) in [5, 5.41) is 12.6. The first-order chi connectivity index (χ1) is 23.6. The minimum Gasteiger partial charge on any atom is -0.392 e. The van der Waals surface area contributed by atoms with Crippen LogP contribution in [-0.2, 0) is 22.6 Å². The van der Waals surface area contributed by atoms with Crippen molar-refractivity contribution in [1.82, 2.24) is 15.2 Å². The first-order valence-electron chi connectivity index (χ1n) is 17.7. The van der Waals surface area contributed by atoms with Gasteiger partial charge in [-0.2, -0.15) is 0 Å². The molecule has 7 heteroatoms. The summed E-state index contributed by atoms with van der Waals surface area (Å²) in [6.45, 7) is 12.1. The van der Waals surface area contributed by atoms with Gasteiger partial charge in [0.1, 0.15) is 0 Å². The Labute approximate surface area is 290 Å². The highest BCUT2D eigenvalue weighted by atomic mass is 16.7. The minimum atomic E-state index is -0.499. The van der Waals surface area contributed by atoms with Gasteiger partial charge in [-0.3, -0.25) is 14.7 Å². The highest BCUT2D eigenvalue weighted by molar-refractivity contribution is 5.93. The zero-order chi connectivity index (χ0) is 34.2. The number of carbonyl (C=O) groups excluding carboxylic acids is 1. The first kappa shape index (κ1) is 33.6. The van der Waals surface area contributed by atoms with Crippen molar-refractivity contribution in [3.8, 4) is 11.1 Å². The summed E-state index contributed by atoms with van der Waals surface area (Å²) < 4.78 is 13.7. The smallest absolute Gasteiger partial charge is 0.253 e. The van der Waals surface area contributed by atoms with Crippen molar-refractivity contribution >= 4 is 5.91 Å². The van der Waals surface area contributed by atoms with Crippen LogP contribution in [0.3, 0.4) is 0 Å². The summed E-state index contributed by atoms with van der Waals surface area (Å²) in [5.74, 6) is 0.00888. The van der Waals surface area contributed by atoms with E-state index in [1.165, 1.54) is 19.3 Å². The van der Waals surface area contributed by atoms with Gasteiger partial charge in [-0.1, -0.05) is 94.4 Å². The molecule has 6 atom stereocenters. The number of fused-ring (bicyclic) bond motifs is 2. The molecule has 0 spiro atoms. The molecule has 256 valence electrons. The molecule has 2 N–H and O–H groups in total. The lowest BCUT2D eigenvalue weighted by atomic mass is 9.65. The molecule has 1 aliphatic carbocycles. The fourth-order valence-electron chi connectivity index (χ4n) is 8.82. The van der Waals surface area contributed by atoms with Gasteiger partial charge in [0.15, 0.2) is 6.29 Å². The lowest BCUT2D eigenvalue weighted by Gasteiger charge is -2.43. The number of pyridine rings is 1. The SMILES string of the molecule is C[C@@H]1[C@H](CN2CC3(C)CC2CC(C)(C)C3)O[C@H](c2ccc(-c3cccc(CNC(=O)c4cccnc4)c3)cc2)O[C@@H]1c1ccc(CO)cc1. The fourth-order valence-corrected chi connectivity index (χ4v) is 8.82. The monoisotopic (exact) mass is 659 g/mol. The zero-order valence-electron chi connectivity index (χ0n) is 29.1. The maximum absolute atomic E-state index is 12.5. The zero-order valence-corrected chi connectivity index (χ0v) is 29.1. The molecule has 1 aromatic heterocycles. The number of carbonyl (C=O) groups is 1. The molecule has 2 saturated heterocycles. The topological polar surface area (TPSA) is 83.9 Å². The Morgan fingerprint density at radius 1 is 0.918 bits per heavy atom. The lowest BCUT2D eigenvalue weighted by Crippen LogP contribution is -2.46. The largest absolute Gasteiger partial charge is 0.392 e. The van der Waals surface area contributed by atoms with Gasteiger partial charge >= 0.3 is 0 Å². The number of hydrogen-bond acceptors (Lipinski definition) is 6. The number of hydrogen-bond donors (Lipinski definition) is 2. The average Bonchev–Trinajstić information content (AvgIpc) is 3.35.